The first kappa shape index (κ1) is 27.1. The van der Waals surface area contributed by atoms with Gasteiger partial charge in [-0.15, -0.1) is 0 Å². The second-order valence-corrected chi connectivity index (χ2v) is 10.3. The summed E-state index contributed by atoms with van der Waals surface area (Å²) in [6.07, 6.45) is 2.01. The van der Waals surface area contributed by atoms with Crippen LogP contribution in [0, 0.1) is 11.7 Å². The first-order valence-electron chi connectivity index (χ1n) is 13.5. The second-order valence-electron chi connectivity index (χ2n) is 10.3. The first-order valence-corrected chi connectivity index (χ1v) is 13.5. The van der Waals surface area contributed by atoms with Crippen molar-refractivity contribution >= 4 is 23.4 Å². The fourth-order valence-electron chi connectivity index (χ4n) is 5.42. The number of amides is 3. The molecule has 208 valence electrons. The van der Waals surface area contributed by atoms with Crippen LogP contribution in [-0.4, -0.2) is 67.7 Å². The molecule has 0 radical (unpaired) electrons. The molecule has 0 spiro atoms. The van der Waals surface area contributed by atoms with Crippen LogP contribution in [0.2, 0.25) is 0 Å². The number of halogens is 1. The molecule has 0 unspecified atom stereocenters. The van der Waals surface area contributed by atoms with Crippen LogP contribution < -0.4 is 15.4 Å². The highest BCUT2D eigenvalue weighted by Gasteiger charge is 2.39. The van der Waals surface area contributed by atoms with E-state index < -0.39 is 6.10 Å². The van der Waals surface area contributed by atoms with E-state index in [4.69, 9.17) is 14.2 Å². The molecule has 3 aliphatic rings. The summed E-state index contributed by atoms with van der Waals surface area (Å²) in [4.78, 5) is 40.3. The lowest BCUT2D eigenvalue weighted by Crippen LogP contribution is -2.53. The Balaban J connectivity index is 1.20. The van der Waals surface area contributed by atoms with Crippen LogP contribution in [0.3, 0.4) is 0 Å². The zero-order valence-corrected chi connectivity index (χ0v) is 22.0. The molecule has 2 N–H and O–H groups in total. The molecule has 3 amide bonds. The molecule has 0 aromatic heterocycles. The summed E-state index contributed by atoms with van der Waals surface area (Å²) in [5.74, 6) is -0.559. The maximum Gasteiger partial charge on any atom is 0.257 e. The lowest BCUT2D eigenvalue weighted by atomic mass is 9.94. The summed E-state index contributed by atoms with van der Waals surface area (Å²) < 4.78 is 31.4. The fraction of sp³-hybridized carbons (Fsp3) is 0.483. The van der Waals surface area contributed by atoms with E-state index in [-0.39, 0.29) is 61.2 Å². The zero-order valence-electron chi connectivity index (χ0n) is 22.0. The third kappa shape index (κ3) is 6.39. The smallest absolute Gasteiger partial charge is 0.257 e. The standard InChI is InChI=1S/C29H34FN3O6/c1-33-24-8-7-21(15-27(34)31-16-19-4-2-3-5-23(19)30)39-26(24)17-38-25-9-6-20(14-22(25)29(33)36)32-28(35)18-10-12-37-13-11-18/h2-6,9,14,18,21,24,26H,7-8,10-13,15-17H2,1H3,(H,31,34)(H,32,35)/t21-,24+,26-/m0/s1. The average molecular weight is 540 g/mol. The largest absolute Gasteiger partial charge is 0.490 e. The number of rotatable bonds is 6. The van der Waals surface area contributed by atoms with Crippen LogP contribution in [0.5, 0.6) is 5.75 Å². The Kier molecular flexibility index (Phi) is 8.42. The van der Waals surface area contributed by atoms with E-state index in [0.717, 1.165) is 0 Å². The van der Waals surface area contributed by atoms with E-state index in [1.807, 2.05) is 0 Å². The molecule has 5 rings (SSSR count). The Morgan fingerprint density at radius 3 is 2.67 bits per heavy atom. The monoisotopic (exact) mass is 539 g/mol. The van der Waals surface area contributed by atoms with Crippen molar-refractivity contribution < 1.29 is 33.0 Å². The van der Waals surface area contributed by atoms with Gasteiger partial charge in [0.1, 0.15) is 24.3 Å². The van der Waals surface area contributed by atoms with Crippen LogP contribution in [0.4, 0.5) is 10.1 Å². The third-order valence-electron chi connectivity index (χ3n) is 7.72. The van der Waals surface area contributed by atoms with E-state index >= 15 is 0 Å². The molecule has 3 heterocycles. The lowest BCUT2D eigenvalue weighted by Gasteiger charge is -2.42. The van der Waals surface area contributed by atoms with Gasteiger partial charge in [-0.2, -0.15) is 0 Å². The van der Waals surface area contributed by atoms with E-state index in [1.165, 1.54) is 6.07 Å². The Labute approximate surface area is 227 Å². The number of carbonyl (C=O) groups excluding carboxylic acids is 3. The molecule has 0 bridgehead atoms. The maximum atomic E-state index is 13.8. The van der Waals surface area contributed by atoms with E-state index in [9.17, 15) is 18.8 Å². The van der Waals surface area contributed by atoms with Gasteiger partial charge in [-0.05, 0) is 49.9 Å². The average Bonchev–Trinajstić information content (AvgIpc) is 2.95. The number of ether oxygens (including phenoxy) is 3. The molecular formula is C29H34FN3O6. The summed E-state index contributed by atoms with van der Waals surface area (Å²) in [6, 6.07) is 11.2. The van der Waals surface area contributed by atoms with Gasteiger partial charge < -0.3 is 29.7 Å². The molecule has 2 aromatic carbocycles. The van der Waals surface area contributed by atoms with Crippen LogP contribution >= 0.6 is 0 Å². The minimum Gasteiger partial charge on any atom is -0.490 e. The van der Waals surface area contributed by atoms with Crippen molar-refractivity contribution in [1.29, 1.82) is 0 Å². The number of nitrogens with one attached hydrogen (secondary N) is 2. The molecule has 9 nitrogen and oxygen atoms in total. The number of hydrogen-bond donors (Lipinski definition) is 2. The van der Waals surface area contributed by atoms with Gasteiger partial charge in [0.2, 0.25) is 11.8 Å². The molecule has 3 aliphatic heterocycles. The second kappa shape index (κ2) is 12.1. The highest BCUT2D eigenvalue weighted by atomic mass is 19.1. The van der Waals surface area contributed by atoms with Gasteiger partial charge in [0, 0.05) is 44.0 Å². The van der Waals surface area contributed by atoms with Gasteiger partial charge in [-0.25, -0.2) is 4.39 Å². The summed E-state index contributed by atoms with van der Waals surface area (Å²) in [7, 11) is 1.74. The van der Waals surface area contributed by atoms with E-state index in [0.29, 0.717) is 61.5 Å². The molecule has 2 saturated heterocycles. The van der Waals surface area contributed by atoms with Crippen molar-refractivity contribution in [1.82, 2.24) is 10.2 Å². The Hall–Kier alpha value is -3.50. The quantitative estimate of drug-likeness (QED) is 0.584. The van der Waals surface area contributed by atoms with Gasteiger partial charge >= 0.3 is 0 Å². The minimum absolute atomic E-state index is 0.0736. The topological polar surface area (TPSA) is 106 Å². The third-order valence-corrected chi connectivity index (χ3v) is 7.72. The highest BCUT2D eigenvalue weighted by Crippen LogP contribution is 2.33. The normalized spacial score (nSPS) is 23.5. The summed E-state index contributed by atoms with van der Waals surface area (Å²) >= 11 is 0. The number of anilines is 1. The number of nitrogens with zero attached hydrogens (tertiary/aromatic N) is 1. The summed E-state index contributed by atoms with van der Waals surface area (Å²) in [5, 5.41) is 5.69. The molecule has 3 atom stereocenters. The van der Waals surface area contributed by atoms with Crippen molar-refractivity contribution in [3.05, 3.63) is 59.4 Å². The van der Waals surface area contributed by atoms with Gasteiger partial charge in [0.05, 0.1) is 24.1 Å². The van der Waals surface area contributed by atoms with Gasteiger partial charge in [-0.1, -0.05) is 18.2 Å². The predicted octanol–water partition coefficient (Wildman–Crippen LogP) is 3.28. The van der Waals surface area contributed by atoms with Crippen LogP contribution in [0.25, 0.3) is 0 Å². The lowest BCUT2D eigenvalue weighted by molar-refractivity contribution is -0.134. The van der Waals surface area contributed by atoms with Gasteiger partial charge in [0.25, 0.3) is 5.91 Å². The molecule has 0 saturated carbocycles. The first-order chi connectivity index (χ1) is 18.9. The molecule has 10 heteroatoms. The SMILES string of the molecule is CN1C(=O)c2cc(NC(=O)C3CCOCC3)ccc2OC[C@@H]2O[C@H](CC(=O)NCc3ccccc3F)CC[C@H]21. The number of fused-ring (bicyclic) bond motifs is 2. The van der Waals surface area contributed by atoms with Crippen LogP contribution in [-0.2, 0) is 25.6 Å². The molecule has 2 aromatic rings. The summed E-state index contributed by atoms with van der Waals surface area (Å²) in [5.41, 5.74) is 1.36. The molecule has 2 fully saturated rings. The van der Waals surface area contributed by atoms with E-state index in [1.54, 1.807) is 48.3 Å². The molecular weight excluding hydrogens is 505 g/mol. The number of likely N-dealkylation sites (N-methyl/N-ethyl adjacent to an activating group) is 1. The number of benzene rings is 2. The van der Waals surface area contributed by atoms with Crippen LogP contribution in [0.1, 0.15) is 48.0 Å². The predicted molar refractivity (Wildman–Crippen MR) is 141 cm³/mol. The van der Waals surface area contributed by atoms with Crippen molar-refractivity contribution in [2.75, 3.05) is 32.2 Å². The van der Waals surface area contributed by atoms with Gasteiger partial charge in [0.15, 0.2) is 0 Å². The molecule has 0 aliphatic carbocycles. The fourth-order valence-corrected chi connectivity index (χ4v) is 5.42. The minimum atomic E-state index is -0.405. The van der Waals surface area contributed by atoms with Crippen molar-refractivity contribution in [2.45, 2.75) is 56.9 Å². The Bertz CT molecular complexity index is 1220. The van der Waals surface area contributed by atoms with Crippen molar-refractivity contribution in [3.8, 4) is 5.75 Å². The van der Waals surface area contributed by atoms with Gasteiger partial charge in [-0.3, -0.25) is 14.4 Å². The Morgan fingerprint density at radius 1 is 1.08 bits per heavy atom. The van der Waals surface area contributed by atoms with Crippen LogP contribution in [0.15, 0.2) is 42.5 Å². The number of carbonyl (C=O) groups is 3. The number of hydrogen-bond acceptors (Lipinski definition) is 6. The Morgan fingerprint density at radius 2 is 1.87 bits per heavy atom. The summed E-state index contributed by atoms with van der Waals surface area (Å²) in [6.45, 7) is 1.47. The van der Waals surface area contributed by atoms with Crippen molar-refractivity contribution in [2.24, 2.45) is 5.92 Å². The highest BCUT2D eigenvalue weighted by molar-refractivity contribution is 6.00. The zero-order chi connectivity index (χ0) is 27.4. The van der Waals surface area contributed by atoms with E-state index in [2.05, 4.69) is 10.6 Å². The molecule has 39 heavy (non-hydrogen) atoms. The maximum absolute atomic E-state index is 13.8. The van der Waals surface area contributed by atoms with Crippen molar-refractivity contribution in [3.63, 3.8) is 0 Å².